The van der Waals surface area contributed by atoms with Gasteiger partial charge in [-0.2, -0.15) is 0 Å². The summed E-state index contributed by atoms with van der Waals surface area (Å²) in [6.45, 7) is 1.02. The zero-order valence-corrected chi connectivity index (χ0v) is 9.88. The number of alkyl halides is 2. The molecule has 17 heavy (non-hydrogen) atoms. The standard InChI is InChI=1S/C13H17F2NO/c1-17-12-5-4-9(13(14)15)7-10(12)8-11-3-2-6-16-11/h4-5,7,11,13,16H,2-3,6,8H2,1H3. The molecule has 1 aromatic rings. The molecule has 1 aliphatic rings. The molecule has 1 N–H and O–H groups in total. The van der Waals surface area contributed by atoms with Gasteiger partial charge in [-0.15, -0.1) is 0 Å². The van der Waals surface area contributed by atoms with Crippen LogP contribution in [-0.4, -0.2) is 19.7 Å². The van der Waals surface area contributed by atoms with Gasteiger partial charge in [-0.05, 0) is 49.6 Å². The highest BCUT2D eigenvalue weighted by atomic mass is 19.3. The fourth-order valence-electron chi connectivity index (χ4n) is 2.29. The Balaban J connectivity index is 2.19. The molecule has 0 saturated carbocycles. The Morgan fingerprint density at radius 3 is 2.88 bits per heavy atom. The van der Waals surface area contributed by atoms with Crippen LogP contribution in [-0.2, 0) is 6.42 Å². The van der Waals surface area contributed by atoms with E-state index in [1.165, 1.54) is 6.07 Å². The molecular weight excluding hydrogens is 224 g/mol. The Bertz CT molecular complexity index is 376. The van der Waals surface area contributed by atoms with Gasteiger partial charge in [0.2, 0.25) is 0 Å². The van der Waals surface area contributed by atoms with Gasteiger partial charge in [0.05, 0.1) is 7.11 Å². The van der Waals surface area contributed by atoms with Gasteiger partial charge < -0.3 is 10.1 Å². The lowest BCUT2D eigenvalue weighted by Gasteiger charge is -2.14. The van der Waals surface area contributed by atoms with E-state index in [0.29, 0.717) is 11.8 Å². The number of hydrogen-bond donors (Lipinski definition) is 1. The van der Waals surface area contributed by atoms with Crippen molar-refractivity contribution in [3.63, 3.8) is 0 Å². The zero-order chi connectivity index (χ0) is 12.3. The highest BCUT2D eigenvalue weighted by Crippen LogP contribution is 2.27. The first-order chi connectivity index (χ1) is 8.20. The van der Waals surface area contributed by atoms with Gasteiger partial charge >= 0.3 is 0 Å². The molecule has 4 heteroatoms. The molecule has 1 aromatic carbocycles. The van der Waals surface area contributed by atoms with Crippen molar-refractivity contribution < 1.29 is 13.5 Å². The molecule has 0 aromatic heterocycles. The monoisotopic (exact) mass is 241 g/mol. The third-order valence-corrected chi connectivity index (χ3v) is 3.19. The highest BCUT2D eigenvalue weighted by molar-refractivity contribution is 5.38. The Morgan fingerprint density at radius 2 is 2.29 bits per heavy atom. The van der Waals surface area contributed by atoms with E-state index in [2.05, 4.69) is 5.32 Å². The molecular formula is C13H17F2NO. The molecule has 0 bridgehead atoms. The van der Waals surface area contributed by atoms with Crippen LogP contribution in [0.1, 0.15) is 30.4 Å². The van der Waals surface area contributed by atoms with Crippen LogP contribution in [0.2, 0.25) is 0 Å². The SMILES string of the molecule is COc1ccc(C(F)F)cc1CC1CCCN1. The number of halogens is 2. The van der Waals surface area contributed by atoms with E-state index in [1.54, 1.807) is 19.2 Å². The van der Waals surface area contributed by atoms with Gasteiger partial charge in [0, 0.05) is 11.6 Å². The van der Waals surface area contributed by atoms with Crippen LogP contribution in [0.4, 0.5) is 8.78 Å². The van der Waals surface area contributed by atoms with E-state index in [1.807, 2.05) is 0 Å². The maximum atomic E-state index is 12.6. The molecule has 0 aliphatic carbocycles. The minimum absolute atomic E-state index is 0.0683. The molecule has 1 heterocycles. The quantitative estimate of drug-likeness (QED) is 0.875. The number of rotatable bonds is 4. The first kappa shape index (κ1) is 12.3. The molecule has 0 amide bonds. The smallest absolute Gasteiger partial charge is 0.263 e. The lowest BCUT2D eigenvalue weighted by atomic mass is 10.0. The second-order valence-electron chi connectivity index (χ2n) is 4.37. The van der Waals surface area contributed by atoms with E-state index < -0.39 is 6.43 Å². The average molecular weight is 241 g/mol. The molecule has 1 unspecified atom stereocenters. The van der Waals surface area contributed by atoms with Crippen molar-refractivity contribution in [1.29, 1.82) is 0 Å². The number of methoxy groups -OCH3 is 1. The molecule has 94 valence electrons. The second kappa shape index (κ2) is 5.45. The first-order valence-electron chi connectivity index (χ1n) is 5.89. The summed E-state index contributed by atoms with van der Waals surface area (Å²) in [5, 5.41) is 3.36. The lowest BCUT2D eigenvalue weighted by Crippen LogP contribution is -2.23. The van der Waals surface area contributed by atoms with E-state index in [-0.39, 0.29) is 5.56 Å². The van der Waals surface area contributed by atoms with Crippen LogP contribution in [0.15, 0.2) is 18.2 Å². The summed E-state index contributed by atoms with van der Waals surface area (Å²) in [4.78, 5) is 0. The summed E-state index contributed by atoms with van der Waals surface area (Å²) in [5.74, 6) is 0.697. The molecule has 1 saturated heterocycles. The molecule has 1 atom stereocenters. The van der Waals surface area contributed by atoms with Gasteiger partial charge in [0.15, 0.2) is 0 Å². The summed E-state index contributed by atoms with van der Waals surface area (Å²) in [5.41, 5.74) is 0.934. The number of ether oxygens (including phenoxy) is 1. The van der Waals surface area contributed by atoms with Crippen molar-refractivity contribution in [2.75, 3.05) is 13.7 Å². The number of nitrogens with one attached hydrogen (secondary N) is 1. The Kier molecular flexibility index (Phi) is 3.94. The van der Waals surface area contributed by atoms with Crippen LogP contribution in [0.3, 0.4) is 0 Å². The van der Waals surface area contributed by atoms with Crippen molar-refractivity contribution in [3.05, 3.63) is 29.3 Å². The maximum absolute atomic E-state index is 12.6. The van der Waals surface area contributed by atoms with Crippen LogP contribution in [0, 0.1) is 0 Å². The lowest BCUT2D eigenvalue weighted by molar-refractivity contribution is 0.151. The Labute approximate surface area is 100.0 Å². The van der Waals surface area contributed by atoms with Crippen LogP contribution < -0.4 is 10.1 Å². The van der Waals surface area contributed by atoms with Crippen LogP contribution >= 0.6 is 0 Å². The van der Waals surface area contributed by atoms with E-state index in [0.717, 1.165) is 31.4 Å². The van der Waals surface area contributed by atoms with E-state index >= 15 is 0 Å². The Hall–Kier alpha value is -1.16. The summed E-state index contributed by atoms with van der Waals surface area (Å²) in [7, 11) is 1.57. The first-order valence-corrected chi connectivity index (χ1v) is 5.89. The number of benzene rings is 1. The summed E-state index contributed by atoms with van der Waals surface area (Å²) >= 11 is 0. The van der Waals surface area contributed by atoms with Gasteiger partial charge in [-0.3, -0.25) is 0 Å². The molecule has 0 spiro atoms. The minimum Gasteiger partial charge on any atom is -0.496 e. The zero-order valence-electron chi connectivity index (χ0n) is 9.88. The summed E-state index contributed by atoms with van der Waals surface area (Å²) in [6, 6.07) is 5.00. The molecule has 0 radical (unpaired) electrons. The largest absolute Gasteiger partial charge is 0.496 e. The van der Waals surface area contributed by atoms with Crippen LogP contribution in [0.25, 0.3) is 0 Å². The van der Waals surface area contributed by atoms with E-state index in [4.69, 9.17) is 4.74 Å². The van der Waals surface area contributed by atoms with Gasteiger partial charge in [0.25, 0.3) is 6.43 Å². The topological polar surface area (TPSA) is 21.3 Å². The van der Waals surface area contributed by atoms with Gasteiger partial charge in [-0.1, -0.05) is 0 Å². The normalized spacial score (nSPS) is 19.9. The fraction of sp³-hybridized carbons (Fsp3) is 0.538. The molecule has 2 rings (SSSR count). The highest BCUT2D eigenvalue weighted by Gasteiger charge is 2.18. The fourth-order valence-corrected chi connectivity index (χ4v) is 2.29. The maximum Gasteiger partial charge on any atom is 0.263 e. The number of hydrogen-bond acceptors (Lipinski definition) is 2. The van der Waals surface area contributed by atoms with Crippen molar-refractivity contribution in [1.82, 2.24) is 5.32 Å². The van der Waals surface area contributed by atoms with Crippen molar-refractivity contribution >= 4 is 0 Å². The summed E-state index contributed by atoms with van der Waals surface area (Å²) < 4.78 is 30.5. The predicted octanol–water partition coefficient (Wildman–Crippen LogP) is 2.93. The average Bonchev–Trinajstić information content (AvgIpc) is 2.81. The third kappa shape index (κ3) is 2.94. The van der Waals surface area contributed by atoms with Crippen molar-refractivity contribution in [2.45, 2.75) is 31.7 Å². The minimum atomic E-state index is -2.42. The Morgan fingerprint density at radius 1 is 1.47 bits per heavy atom. The van der Waals surface area contributed by atoms with Gasteiger partial charge in [0.1, 0.15) is 5.75 Å². The second-order valence-corrected chi connectivity index (χ2v) is 4.37. The van der Waals surface area contributed by atoms with Gasteiger partial charge in [-0.25, -0.2) is 8.78 Å². The predicted molar refractivity (Wildman–Crippen MR) is 62.7 cm³/mol. The van der Waals surface area contributed by atoms with Crippen molar-refractivity contribution in [3.8, 4) is 5.75 Å². The van der Waals surface area contributed by atoms with Crippen LogP contribution in [0.5, 0.6) is 5.75 Å². The molecule has 2 nitrogen and oxygen atoms in total. The van der Waals surface area contributed by atoms with E-state index in [9.17, 15) is 8.78 Å². The molecule has 1 aliphatic heterocycles. The molecule has 1 fully saturated rings. The summed E-state index contributed by atoms with van der Waals surface area (Å²) in [6.07, 6.45) is 0.587. The van der Waals surface area contributed by atoms with Crippen molar-refractivity contribution in [2.24, 2.45) is 0 Å². The third-order valence-electron chi connectivity index (χ3n) is 3.19.